The number of ether oxygens (including phenoxy) is 1. The third kappa shape index (κ3) is 4.38. The van der Waals surface area contributed by atoms with Crippen LogP contribution in [0.15, 0.2) is 47.5 Å². The normalized spacial score (nSPS) is 17.8. The number of halogens is 1. The minimum absolute atomic E-state index is 0.163. The molecule has 0 aliphatic carbocycles. The van der Waals surface area contributed by atoms with E-state index in [-0.39, 0.29) is 6.61 Å². The minimum Gasteiger partial charge on any atom is -0.466 e. The van der Waals surface area contributed by atoms with E-state index in [1.165, 1.54) is 0 Å². The molecule has 8 heteroatoms. The van der Waals surface area contributed by atoms with Crippen molar-refractivity contribution in [3.05, 3.63) is 64.2 Å². The predicted octanol–water partition coefficient (Wildman–Crippen LogP) is 4.26. The molecule has 2 aromatic rings. The number of nitrogens with zero attached hydrogens (tertiary/aromatic N) is 1. The highest BCUT2D eigenvalue weighted by Crippen LogP contribution is 2.33. The fraction of sp³-hybridized carbons (Fsp3) is 0.235. The molecule has 1 aliphatic heterocycles. The molecule has 3 rings (SSSR count). The van der Waals surface area contributed by atoms with Crippen LogP contribution in [0.3, 0.4) is 0 Å². The predicted molar refractivity (Wildman–Crippen MR) is 96.5 cm³/mol. The van der Waals surface area contributed by atoms with Crippen molar-refractivity contribution in [1.82, 2.24) is 0 Å². The number of benzene rings is 2. The van der Waals surface area contributed by atoms with E-state index >= 15 is 0 Å². The quantitative estimate of drug-likeness (QED) is 0.828. The molecule has 0 spiro atoms. The first-order valence-corrected chi connectivity index (χ1v) is 9.28. The molecule has 0 aromatic heterocycles. The van der Waals surface area contributed by atoms with Crippen LogP contribution in [0.4, 0.5) is 0 Å². The number of hydrogen-bond acceptors (Lipinski definition) is 5. The maximum atomic E-state index is 11.0. The molecular formula is C17H17ClN2O4S. The Kier molecular flexibility index (Phi) is 4.59. The standard InChI is InChI=1S/C17H17ClN2O4S/c1-17(2)20-16(12-4-6-13(18)7-5-12)14-8-3-11(9-15(14)24-17)10-23-25(19,21)22/h3-9H,10H2,1-2H3,(H2,19,21,22). The average molecular weight is 381 g/mol. The summed E-state index contributed by atoms with van der Waals surface area (Å²) < 4.78 is 37.3. The number of fused-ring (bicyclic) bond motifs is 1. The summed E-state index contributed by atoms with van der Waals surface area (Å²) in [5, 5.41) is 0.645. The molecule has 0 bridgehead atoms. The van der Waals surface area contributed by atoms with Gasteiger partial charge in [0.05, 0.1) is 12.3 Å². The third-order valence-corrected chi connectivity index (χ3v) is 4.23. The van der Waals surface area contributed by atoms with Gasteiger partial charge in [-0.05, 0) is 43.7 Å². The van der Waals surface area contributed by atoms with Crippen LogP contribution in [0.5, 0.6) is 5.75 Å². The molecule has 1 aliphatic rings. The summed E-state index contributed by atoms with van der Waals surface area (Å²) in [6, 6.07) is 12.7. The highest BCUT2D eigenvalue weighted by molar-refractivity contribution is 7.82. The number of nitrogens with one attached hydrogen (secondary N) is 1. The molecule has 1 atom stereocenters. The van der Waals surface area contributed by atoms with Gasteiger partial charge in [0.15, 0.2) is 5.72 Å². The highest BCUT2D eigenvalue weighted by Gasteiger charge is 2.29. The van der Waals surface area contributed by atoms with Gasteiger partial charge in [0.2, 0.25) is 0 Å². The van der Waals surface area contributed by atoms with Crippen molar-refractivity contribution >= 4 is 27.6 Å². The van der Waals surface area contributed by atoms with Gasteiger partial charge in [-0.2, -0.15) is 4.21 Å². The van der Waals surface area contributed by atoms with E-state index in [9.17, 15) is 4.21 Å². The zero-order chi connectivity index (χ0) is 18.2. The number of aliphatic imine (C=N–C) groups is 1. The Bertz CT molecular complexity index is 938. The molecule has 0 amide bonds. The first-order valence-electron chi connectivity index (χ1n) is 7.47. The van der Waals surface area contributed by atoms with Crippen molar-refractivity contribution in [2.45, 2.75) is 26.2 Å². The largest absolute Gasteiger partial charge is 0.466 e. The van der Waals surface area contributed by atoms with Crippen LogP contribution in [-0.2, 0) is 21.1 Å². The molecule has 6 nitrogen and oxygen atoms in total. The third-order valence-electron chi connectivity index (χ3n) is 3.54. The Labute approximate surface area is 151 Å². The lowest BCUT2D eigenvalue weighted by Crippen LogP contribution is -2.32. The van der Waals surface area contributed by atoms with Crippen LogP contribution >= 0.6 is 11.6 Å². The Balaban J connectivity index is 2.00. The second-order valence-corrected chi connectivity index (χ2v) is 7.71. The lowest BCUT2D eigenvalue weighted by atomic mass is 9.98. The number of rotatable bonds is 4. The van der Waals surface area contributed by atoms with Crippen LogP contribution < -0.4 is 4.74 Å². The summed E-state index contributed by atoms with van der Waals surface area (Å²) in [4.78, 5) is 4.67. The molecule has 0 radical (unpaired) electrons. The topological polar surface area (TPSA) is 92.0 Å². The summed E-state index contributed by atoms with van der Waals surface area (Å²) in [6.45, 7) is 3.53. The zero-order valence-electron chi connectivity index (χ0n) is 13.7. The molecule has 1 unspecified atom stereocenters. The van der Waals surface area contributed by atoms with Gasteiger partial charge in [0.1, 0.15) is 5.75 Å². The van der Waals surface area contributed by atoms with Crippen molar-refractivity contribution in [2.75, 3.05) is 0 Å². The van der Waals surface area contributed by atoms with Gasteiger partial charge in [-0.1, -0.05) is 29.8 Å². The van der Waals surface area contributed by atoms with E-state index in [4.69, 9.17) is 25.7 Å². The molecule has 25 heavy (non-hydrogen) atoms. The van der Waals surface area contributed by atoms with Crippen LogP contribution in [0.25, 0.3) is 0 Å². The van der Waals surface area contributed by atoms with Gasteiger partial charge in [-0.3, -0.25) is 8.74 Å². The number of hydrogen-bond donors (Lipinski definition) is 2. The van der Waals surface area contributed by atoms with Crippen molar-refractivity contribution in [3.63, 3.8) is 0 Å². The van der Waals surface area contributed by atoms with Gasteiger partial charge < -0.3 is 4.74 Å². The van der Waals surface area contributed by atoms with E-state index in [2.05, 4.69) is 9.18 Å². The minimum atomic E-state index is -4.00. The summed E-state index contributed by atoms with van der Waals surface area (Å²) in [6.07, 6.45) is 0. The molecule has 0 saturated heterocycles. The molecule has 132 valence electrons. The lowest BCUT2D eigenvalue weighted by molar-refractivity contribution is 0.115. The first-order chi connectivity index (χ1) is 11.6. The van der Waals surface area contributed by atoms with Crippen LogP contribution in [0.1, 0.15) is 30.5 Å². The van der Waals surface area contributed by atoms with Gasteiger partial charge in [0, 0.05) is 16.1 Å². The van der Waals surface area contributed by atoms with Crippen LogP contribution in [-0.4, -0.2) is 20.2 Å². The van der Waals surface area contributed by atoms with Gasteiger partial charge in [0.25, 0.3) is 10.3 Å². The molecule has 2 N–H and O–H groups in total. The van der Waals surface area contributed by atoms with Crippen LogP contribution in [0.2, 0.25) is 5.02 Å². The maximum absolute atomic E-state index is 11.0. The van der Waals surface area contributed by atoms with E-state index in [0.29, 0.717) is 16.3 Å². The summed E-state index contributed by atoms with van der Waals surface area (Å²) in [5.74, 6) is 0.598. The molecule has 0 fully saturated rings. The molecular weight excluding hydrogens is 364 g/mol. The Morgan fingerprint density at radius 1 is 1.28 bits per heavy atom. The van der Waals surface area contributed by atoms with Gasteiger partial charge in [-0.25, -0.2) is 9.77 Å². The zero-order valence-corrected chi connectivity index (χ0v) is 15.2. The van der Waals surface area contributed by atoms with E-state index in [1.807, 2.05) is 32.0 Å². The van der Waals surface area contributed by atoms with E-state index in [0.717, 1.165) is 16.8 Å². The monoisotopic (exact) mass is 380 g/mol. The van der Waals surface area contributed by atoms with E-state index < -0.39 is 16.0 Å². The Morgan fingerprint density at radius 2 is 1.96 bits per heavy atom. The second-order valence-electron chi connectivity index (χ2n) is 6.08. The fourth-order valence-corrected chi connectivity index (χ4v) is 2.96. The molecule has 0 saturated carbocycles. The maximum Gasteiger partial charge on any atom is 0.287 e. The molecule has 1 heterocycles. The van der Waals surface area contributed by atoms with Gasteiger partial charge >= 0.3 is 0 Å². The lowest BCUT2D eigenvalue weighted by Gasteiger charge is -2.30. The average Bonchev–Trinajstić information content (AvgIpc) is 2.51. The summed E-state index contributed by atoms with van der Waals surface area (Å²) >= 11 is 5.96. The van der Waals surface area contributed by atoms with Gasteiger partial charge in [-0.15, -0.1) is 0 Å². The smallest absolute Gasteiger partial charge is 0.287 e. The first kappa shape index (κ1) is 17.9. The highest BCUT2D eigenvalue weighted by atomic mass is 35.5. The SMILES string of the molecule is CC1(C)N=C(c2ccc(Cl)cc2)c2ccc(COS(=N)(=O)O)cc2O1. The van der Waals surface area contributed by atoms with Crippen molar-refractivity contribution in [2.24, 2.45) is 4.99 Å². The van der Waals surface area contributed by atoms with Crippen LogP contribution in [0, 0.1) is 4.78 Å². The Morgan fingerprint density at radius 3 is 2.60 bits per heavy atom. The molecule has 2 aromatic carbocycles. The van der Waals surface area contributed by atoms with E-state index in [1.54, 1.807) is 24.3 Å². The van der Waals surface area contributed by atoms with Crippen molar-refractivity contribution < 1.29 is 17.7 Å². The summed E-state index contributed by atoms with van der Waals surface area (Å²) in [5.41, 5.74) is 2.36. The fourth-order valence-electron chi connectivity index (χ4n) is 2.53. The second kappa shape index (κ2) is 6.42. The van der Waals surface area contributed by atoms with Crippen molar-refractivity contribution in [1.29, 1.82) is 4.78 Å². The summed E-state index contributed by atoms with van der Waals surface area (Å²) in [7, 11) is -4.00. The Hall–Kier alpha value is -1.93. The van der Waals surface area contributed by atoms with Crippen molar-refractivity contribution in [3.8, 4) is 5.75 Å².